The third kappa shape index (κ3) is 5.79. The molecule has 3 aliphatic rings. The second kappa shape index (κ2) is 13.0. The molecule has 0 fully saturated rings. The lowest BCUT2D eigenvalue weighted by atomic mass is 9.89. The maximum absolute atomic E-state index is 2.50. The van der Waals surface area contributed by atoms with Crippen LogP contribution in [0.1, 0.15) is 36.8 Å². The molecule has 47 heavy (non-hydrogen) atoms. The summed E-state index contributed by atoms with van der Waals surface area (Å²) < 4.78 is 0. The monoisotopic (exact) mass is 606 g/mol. The maximum Gasteiger partial charge on any atom is 0.0560 e. The van der Waals surface area contributed by atoms with E-state index in [-0.39, 0.29) is 6.04 Å². The number of nitrogens with zero attached hydrogens (tertiary/aromatic N) is 2. The Labute approximate surface area is 278 Å². The molecule has 0 saturated heterocycles. The van der Waals surface area contributed by atoms with Gasteiger partial charge in [0.15, 0.2) is 0 Å². The van der Waals surface area contributed by atoms with Gasteiger partial charge in [-0.3, -0.25) is 0 Å². The molecule has 0 bridgehead atoms. The molecule has 8 rings (SSSR count). The van der Waals surface area contributed by atoms with E-state index in [1.54, 1.807) is 0 Å². The predicted molar refractivity (Wildman–Crippen MR) is 201 cm³/mol. The minimum Gasteiger partial charge on any atom is -0.334 e. The Morgan fingerprint density at radius 2 is 1.30 bits per heavy atom. The zero-order chi connectivity index (χ0) is 31.4. The Morgan fingerprint density at radius 1 is 0.574 bits per heavy atom. The third-order valence-electron chi connectivity index (χ3n) is 9.48. The van der Waals surface area contributed by atoms with Crippen LogP contribution in [0, 0.1) is 0 Å². The van der Waals surface area contributed by atoms with Crippen molar-refractivity contribution in [3.63, 3.8) is 0 Å². The first-order chi connectivity index (χ1) is 23.3. The largest absolute Gasteiger partial charge is 0.334 e. The first-order valence-corrected chi connectivity index (χ1v) is 16.8. The SMILES string of the molecule is C1=Cc2cccc(N(C3=CC=C(C4=CCC(N(c5ccccc5)c5cccc6ccccc56)C=C4)CC3)c3ccccc3)c2C=CC1. The summed E-state index contributed by atoms with van der Waals surface area (Å²) in [5, 5.41) is 2.54. The van der Waals surface area contributed by atoms with Crippen LogP contribution in [0.2, 0.25) is 0 Å². The van der Waals surface area contributed by atoms with Crippen molar-refractivity contribution in [3.8, 4) is 0 Å². The van der Waals surface area contributed by atoms with Crippen molar-refractivity contribution in [3.05, 3.63) is 192 Å². The maximum atomic E-state index is 2.50. The molecule has 5 aromatic rings. The fourth-order valence-corrected chi connectivity index (χ4v) is 7.20. The zero-order valence-electron chi connectivity index (χ0n) is 26.5. The number of benzene rings is 5. The van der Waals surface area contributed by atoms with Gasteiger partial charge in [0.2, 0.25) is 0 Å². The van der Waals surface area contributed by atoms with Gasteiger partial charge in [0.25, 0.3) is 0 Å². The van der Waals surface area contributed by atoms with E-state index in [0.29, 0.717) is 0 Å². The van der Waals surface area contributed by atoms with Gasteiger partial charge < -0.3 is 9.80 Å². The highest BCUT2D eigenvalue weighted by Crippen LogP contribution is 2.41. The Bertz CT molecular complexity index is 2090. The molecule has 2 heteroatoms. The number of para-hydroxylation sites is 2. The van der Waals surface area contributed by atoms with Crippen molar-refractivity contribution >= 4 is 45.7 Å². The molecular formula is C45H38N2. The predicted octanol–water partition coefficient (Wildman–Crippen LogP) is 12.1. The van der Waals surface area contributed by atoms with E-state index in [9.17, 15) is 0 Å². The van der Waals surface area contributed by atoms with E-state index in [4.69, 9.17) is 0 Å². The van der Waals surface area contributed by atoms with Crippen LogP contribution < -0.4 is 9.80 Å². The Morgan fingerprint density at radius 3 is 2.09 bits per heavy atom. The van der Waals surface area contributed by atoms with Gasteiger partial charge in [-0.05, 0) is 90.3 Å². The fraction of sp³-hybridized carbons (Fsp3) is 0.111. The molecule has 0 heterocycles. The molecule has 3 aliphatic carbocycles. The van der Waals surface area contributed by atoms with Crippen molar-refractivity contribution in [2.24, 2.45) is 0 Å². The van der Waals surface area contributed by atoms with E-state index >= 15 is 0 Å². The van der Waals surface area contributed by atoms with Gasteiger partial charge in [0, 0.05) is 33.7 Å². The highest BCUT2D eigenvalue weighted by molar-refractivity contribution is 5.96. The second-order valence-electron chi connectivity index (χ2n) is 12.4. The number of hydrogen-bond donors (Lipinski definition) is 0. The van der Waals surface area contributed by atoms with Crippen LogP contribution in [0.25, 0.3) is 22.9 Å². The van der Waals surface area contributed by atoms with Crippen molar-refractivity contribution in [2.45, 2.75) is 31.7 Å². The Balaban J connectivity index is 1.10. The van der Waals surface area contributed by atoms with Crippen LogP contribution in [-0.2, 0) is 0 Å². The standard InChI is InChI=1S/C45H38N2/c1-4-14-36-16-12-24-44(42(36)22-9-1)46(38-18-5-2-6-19-38)40-30-26-34(27-31-40)35-28-32-41(33-29-35)47(39-20-7-3-8-21-39)45-25-13-17-37-15-10-11-23-43(37)45/h2-26,28-30,32,41H,1,27,31,33H2. The highest BCUT2D eigenvalue weighted by Gasteiger charge is 2.24. The molecular weight excluding hydrogens is 569 g/mol. The van der Waals surface area contributed by atoms with Crippen LogP contribution in [0.15, 0.2) is 181 Å². The topological polar surface area (TPSA) is 6.48 Å². The van der Waals surface area contributed by atoms with Crippen LogP contribution in [0.3, 0.4) is 0 Å². The summed E-state index contributed by atoms with van der Waals surface area (Å²) in [5.74, 6) is 0. The molecule has 0 radical (unpaired) electrons. The van der Waals surface area contributed by atoms with Crippen molar-refractivity contribution < 1.29 is 0 Å². The average Bonchev–Trinajstić information content (AvgIpc) is 3.40. The summed E-state index contributed by atoms with van der Waals surface area (Å²) in [6, 6.07) is 43.8. The first-order valence-electron chi connectivity index (χ1n) is 16.8. The molecule has 5 aromatic carbocycles. The van der Waals surface area contributed by atoms with Crippen molar-refractivity contribution in [1.82, 2.24) is 0 Å². The van der Waals surface area contributed by atoms with Gasteiger partial charge >= 0.3 is 0 Å². The minimum absolute atomic E-state index is 0.228. The lowest BCUT2D eigenvalue weighted by Crippen LogP contribution is -2.30. The van der Waals surface area contributed by atoms with Gasteiger partial charge in [-0.2, -0.15) is 0 Å². The number of anilines is 4. The van der Waals surface area contributed by atoms with E-state index in [1.807, 2.05) is 0 Å². The number of hydrogen-bond acceptors (Lipinski definition) is 2. The van der Waals surface area contributed by atoms with E-state index in [1.165, 1.54) is 61.5 Å². The molecule has 2 nitrogen and oxygen atoms in total. The average molecular weight is 607 g/mol. The van der Waals surface area contributed by atoms with E-state index < -0.39 is 0 Å². The lowest BCUT2D eigenvalue weighted by Gasteiger charge is -2.34. The van der Waals surface area contributed by atoms with Crippen LogP contribution >= 0.6 is 0 Å². The van der Waals surface area contributed by atoms with Gasteiger partial charge in [0.1, 0.15) is 0 Å². The second-order valence-corrected chi connectivity index (χ2v) is 12.4. The molecule has 0 aromatic heterocycles. The van der Waals surface area contributed by atoms with Gasteiger partial charge in [-0.1, -0.05) is 134 Å². The molecule has 228 valence electrons. The molecule has 0 amide bonds. The molecule has 1 unspecified atom stereocenters. The van der Waals surface area contributed by atoms with E-state index in [2.05, 4.69) is 186 Å². The summed E-state index contributed by atoms with van der Waals surface area (Å²) >= 11 is 0. The summed E-state index contributed by atoms with van der Waals surface area (Å²) in [7, 11) is 0. The fourth-order valence-electron chi connectivity index (χ4n) is 7.20. The lowest BCUT2D eigenvalue weighted by molar-refractivity contribution is 0.778. The first kappa shape index (κ1) is 28.8. The van der Waals surface area contributed by atoms with Crippen molar-refractivity contribution in [1.29, 1.82) is 0 Å². The Hall–Kier alpha value is -5.60. The van der Waals surface area contributed by atoms with Crippen LogP contribution in [-0.4, -0.2) is 6.04 Å². The summed E-state index contributed by atoms with van der Waals surface area (Å²) in [5.41, 5.74) is 11.5. The number of fused-ring (bicyclic) bond motifs is 2. The van der Waals surface area contributed by atoms with Crippen molar-refractivity contribution in [2.75, 3.05) is 9.80 Å². The minimum atomic E-state index is 0.228. The highest BCUT2D eigenvalue weighted by atomic mass is 15.2. The third-order valence-corrected chi connectivity index (χ3v) is 9.48. The van der Waals surface area contributed by atoms with Crippen LogP contribution in [0.5, 0.6) is 0 Å². The normalized spacial score (nSPS) is 16.9. The van der Waals surface area contributed by atoms with Gasteiger partial charge in [0.05, 0.1) is 11.7 Å². The smallest absolute Gasteiger partial charge is 0.0560 e. The van der Waals surface area contributed by atoms with E-state index in [0.717, 1.165) is 25.7 Å². The molecule has 0 spiro atoms. The summed E-state index contributed by atoms with van der Waals surface area (Å²) in [6.07, 6.45) is 24.8. The summed E-state index contributed by atoms with van der Waals surface area (Å²) in [4.78, 5) is 4.96. The molecule has 0 saturated carbocycles. The molecule has 0 aliphatic heterocycles. The van der Waals surface area contributed by atoms with Gasteiger partial charge in [-0.25, -0.2) is 0 Å². The zero-order valence-corrected chi connectivity index (χ0v) is 26.5. The molecule has 1 atom stereocenters. The van der Waals surface area contributed by atoms with Gasteiger partial charge in [-0.15, -0.1) is 0 Å². The quantitative estimate of drug-likeness (QED) is 0.182. The number of rotatable bonds is 7. The van der Waals surface area contributed by atoms with Crippen LogP contribution in [0.4, 0.5) is 22.7 Å². The summed E-state index contributed by atoms with van der Waals surface area (Å²) in [6.45, 7) is 0. The molecule has 0 N–H and O–H groups in total. The Kier molecular flexibility index (Phi) is 7.99. The number of allylic oxidation sites excluding steroid dienone is 8.